The lowest BCUT2D eigenvalue weighted by atomic mass is 10.1. The molecule has 4 nitrogen and oxygen atoms in total. The normalized spacial score (nSPS) is 11.7. The number of oxime groups is 1. The van der Waals surface area contributed by atoms with Crippen LogP contribution in [0.25, 0.3) is 0 Å². The summed E-state index contributed by atoms with van der Waals surface area (Å²) in [5, 5.41) is 12.4. The Labute approximate surface area is 88.4 Å². The van der Waals surface area contributed by atoms with Crippen LogP contribution in [0.1, 0.15) is 5.56 Å². The molecule has 0 spiro atoms. The van der Waals surface area contributed by atoms with Crippen molar-refractivity contribution in [2.24, 2.45) is 5.16 Å². The third-order valence-corrected chi connectivity index (χ3v) is 1.67. The number of alkyl halides is 3. The monoisotopic (exact) mass is 232 g/mol. The number of hydrogen-bond donors (Lipinski definition) is 2. The smallest absolute Gasteiger partial charge is 0.411 e. The SMILES string of the molecule is O=C(C=NO)Nc1ccccc1C(F)(F)F. The van der Waals surface area contributed by atoms with Crippen LogP contribution in [0, 0.1) is 0 Å². The van der Waals surface area contributed by atoms with Gasteiger partial charge in [-0.05, 0) is 12.1 Å². The number of carbonyl (C=O) groups is 1. The Bertz CT molecular complexity index is 415. The van der Waals surface area contributed by atoms with E-state index in [-0.39, 0.29) is 5.69 Å². The molecule has 0 unspecified atom stereocenters. The van der Waals surface area contributed by atoms with Gasteiger partial charge in [-0.3, -0.25) is 4.79 Å². The highest BCUT2D eigenvalue weighted by atomic mass is 19.4. The standard InChI is InChI=1S/C9H7F3N2O2/c10-9(11,12)6-3-1-2-4-7(6)14-8(15)5-13-16/h1-5,16H,(H,14,15). The summed E-state index contributed by atoms with van der Waals surface area (Å²) < 4.78 is 37.4. The van der Waals surface area contributed by atoms with E-state index in [2.05, 4.69) is 5.16 Å². The Hall–Kier alpha value is -2.05. The molecule has 0 aliphatic rings. The van der Waals surface area contributed by atoms with Crippen molar-refractivity contribution in [3.8, 4) is 0 Å². The van der Waals surface area contributed by atoms with E-state index in [0.29, 0.717) is 6.21 Å². The Morgan fingerprint density at radius 3 is 2.56 bits per heavy atom. The van der Waals surface area contributed by atoms with Gasteiger partial charge in [-0.1, -0.05) is 17.3 Å². The molecule has 2 N–H and O–H groups in total. The zero-order valence-electron chi connectivity index (χ0n) is 7.82. The highest BCUT2D eigenvalue weighted by molar-refractivity contribution is 6.31. The molecular formula is C9H7F3N2O2. The quantitative estimate of drug-likeness (QED) is 0.466. The summed E-state index contributed by atoms with van der Waals surface area (Å²) >= 11 is 0. The highest BCUT2D eigenvalue weighted by Crippen LogP contribution is 2.34. The van der Waals surface area contributed by atoms with Gasteiger partial charge in [0, 0.05) is 0 Å². The molecule has 7 heteroatoms. The maximum Gasteiger partial charge on any atom is 0.418 e. The molecule has 0 saturated heterocycles. The molecule has 0 aliphatic carbocycles. The second-order valence-corrected chi connectivity index (χ2v) is 2.78. The Kier molecular flexibility index (Phi) is 3.49. The lowest BCUT2D eigenvalue weighted by molar-refractivity contribution is -0.136. The van der Waals surface area contributed by atoms with Crippen LogP contribution in [-0.2, 0) is 11.0 Å². The first-order valence-electron chi connectivity index (χ1n) is 4.10. The number of nitrogens with one attached hydrogen (secondary N) is 1. The van der Waals surface area contributed by atoms with Crippen molar-refractivity contribution >= 4 is 17.8 Å². The molecular weight excluding hydrogens is 225 g/mol. The number of benzene rings is 1. The number of amides is 1. The molecule has 1 aromatic rings. The molecule has 0 fully saturated rings. The zero-order valence-corrected chi connectivity index (χ0v) is 7.82. The van der Waals surface area contributed by atoms with Gasteiger partial charge < -0.3 is 10.5 Å². The maximum atomic E-state index is 12.5. The van der Waals surface area contributed by atoms with E-state index in [1.54, 1.807) is 0 Å². The van der Waals surface area contributed by atoms with E-state index in [0.717, 1.165) is 12.1 Å². The number of hydrogen-bond acceptors (Lipinski definition) is 3. The molecule has 16 heavy (non-hydrogen) atoms. The number of anilines is 1. The van der Waals surface area contributed by atoms with E-state index in [1.165, 1.54) is 12.1 Å². The van der Waals surface area contributed by atoms with Crippen molar-refractivity contribution < 1.29 is 23.2 Å². The Morgan fingerprint density at radius 1 is 1.38 bits per heavy atom. The van der Waals surface area contributed by atoms with E-state index >= 15 is 0 Å². The lowest BCUT2D eigenvalue weighted by Gasteiger charge is -2.12. The third kappa shape index (κ3) is 2.97. The van der Waals surface area contributed by atoms with Gasteiger partial charge in [0.2, 0.25) is 0 Å². The molecule has 0 saturated carbocycles. The van der Waals surface area contributed by atoms with Gasteiger partial charge in [0.25, 0.3) is 5.91 Å². The summed E-state index contributed by atoms with van der Waals surface area (Å²) in [7, 11) is 0. The summed E-state index contributed by atoms with van der Waals surface area (Å²) in [4.78, 5) is 10.9. The highest BCUT2D eigenvalue weighted by Gasteiger charge is 2.33. The van der Waals surface area contributed by atoms with Crippen molar-refractivity contribution in [3.63, 3.8) is 0 Å². The second kappa shape index (κ2) is 4.65. The summed E-state index contributed by atoms with van der Waals surface area (Å²) in [6.45, 7) is 0. The predicted molar refractivity (Wildman–Crippen MR) is 50.4 cm³/mol. The van der Waals surface area contributed by atoms with Crippen LogP contribution >= 0.6 is 0 Å². The average molecular weight is 232 g/mol. The molecule has 0 radical (unpaired) electrons. The summed E-state index contributed by atoms with van der Waals surface area (Å²) in [5.41, 5.74) is -1.35. The first-order chi connectivity index (χ1) is 7.45. The van der Waals surface area contributed by atoms with Gasteiger partial charge in [0.05, 0.1) is 11.3 Å². The van der Waals surface area contributed by atoms with E-state index < -0.39 is 17.6 Å². The summed E-state index contributed by atoms with van der Waals surface area (Å²) in [6, 6.07) is 4.50. The largest absolute Gasteiger partial charge is 0.418 e. The van der Waals surface area contributed by atoms with Crippen LogP contribution in [0.4, 0.5) is 18.9 Å². The molecule has 1 rings (SSSR count). The number of para-hydroxylation sites is 1. The number of halogens is 3. The van der Waals surface area contributed by atoms with Gasteiger partial charge in [-0.25, -0.2) is 0 Å². The summed E-state index contributed by atoms with van der Waals surface area (Å²) in [6.07, 6.45) is -4.09. The molecule has 86 valence electrons. The summed E-state index contributed by atoms with van der Waals surface area (Å²) in [5.74, 6) is -0.945. The third-order valence-electron chi connectivity index (χ3n) is 1.67. The van der Waals surface area contributed by atoms with E-state index in [9.17, 15) is 18.0 Å². The minimum atomic E-state index is -4.56. The van der Waals surface area contributed by atoms with E-state index in [4.69, 9.17) is 5.21 Å². The topological polar surface area (TPSA) is 61.7 Å². The van der Waals surface area contributed by atoms with Crippen molar-refractivity contribution in [1.82, 2.24) is 0 Å². The lowest BCUT2D eigenvalue weighted by Crippen LogP contribution is -2.17. The number of carbonyl (C=O) groups excluding carboxylic acids is 1. The Balaban J connectivity index is 3.01. The van der Waals surface area contributed by atoms with Gasteiger partial charge in [0.15, 0.2) is 0 Å². The molecule has 0 atom stereocenters. The van der Waals surface area contributed by atoms with Crippen molar-refractivity contribution in [3.05, 3.63) is 29.8 Å². The molecule has 1 aromatic carbocycles. The van der Waals surface area contributed by atoms with E-state index in [1.807, 2.05) is 5.32 Å². The van der Waals surface area contributed by atoms with Crippen molar-refractivity contribution in [1.29, 1.82) is 0 Å². The average Bonchev–Trinajstić information content (AvgIpc) is 2.17. The minimum absolute atomic E-state index is 0.389. The van der Waals surface area contributed by atoms with Crippen LogP contribution in [0.3, 0.4) is 0 Å². The van der Waals surface area contributed by atoms with Gasteiger partial charge in [-0.2, -0.15) is 13.2 Å². The van der Waals surface area contributed by atoms with Crippen LogP contribution < -0.4 is 5.32 Å². The first kappa shape index (κ1) is 12.0. The van der Waals surface area contributed by atoms with Gasteiger partial charge in [0.1, 0.15) is 6.21 Å². The van der Waals surface area contributed by atoms with Gasteiger partial charge >= 0.3 is 6.18 Å². The Morgan fingerprint density at radius 2 is 2.00 bits per heavy atom. The second-order valence-electron chi connectivity index (χ2n) is 2.78. The maximum absolute atomic E-state index is 12.5. The van der Waals surface area contributed by atoms with Crippen molar-refractivity contribution in [2.75, 3.05) is 5.32 Å². The number of nitrogens with zero attached hydrogens (tertiary/aromatic N) is 1. The molecule has 0 aromatic heterocycles. The molecule has 0 bridgehead atoms. The minimum Gasteiger partial charge on any atom is -0.411 e. The first-order valence-corrected chi connectivity index (χ1v) is 4.10. The number of rotatable bonds is 2. The predicted octanol–water partition coefficient (Wildman–Crippen LogP) is 2.10. The zero-order chi connectivity index (χ0) is 12.2. The van der Waals surface area contributed by atoms with Crippen LogP contribution in [0.15, 0.2) is 29.4 Å². The van der Waals surface area contributed by atoms with Gasteiger partial charge in [-0.15, -0.1) is 0 Å². The fourth-order valence-electron chi connectivity index (χ4n) is 1.06. The molecule has 0 aliphatic heterocycles. The van der Waals surface area contributed by atoms with Crippen LogP contribution in [0.2, 0.25) is 0 Å². The van der Waals surface area contributed by atoms with Crippen molar-refractivity contribution in [2.45, 2.75) is 6.18 Å². The molecule has 1 amide bonds. The van der Waals surface area contributed by atoms with Crippen LogP contribution in [-0.4, -0.2) is 17.3 Å². The molecule has 0 heterocycles. The van der Waals surface area contributed by atoms with Crippen LogP contribution in [0.5, 0.6) is 0 Å². The fraction of sp³-hybridized carbons (Fsp3) is 0.111. The fourth-order valence-corrected chi connectivity index (χ4v) is 1.06.